The van der Waals surface area contributed by atoms with Crippen LogP contribution in [0.15, 0.2) is 45.6 Å². The van der Waals surface area contributed by atoms with Gasteiger partial charge in [0.2, 0.25) is 0 Å². The van der Waals surface area contributed by atoms with Gasteiger partial charge in [0.25, 0.3) is 0 Å². The van der Waals surface area contributed by atoms with Gasteiger partial charge in [0.1, 0.15) is 39.9 Å². The number of rotatable bonds is 7. The molecule has 0 spiro atoms. The summed E-state index contributed by atoms with van der Waals surface area (Å²) in [6.07, 6.45) is -0.133. The molecule has 1 amide bonds. The number of nitrogens with zero attached hydrogens (tertiary/aromatic N) is 2. The second kappa shape index (κ2) is 13.3. The third kappa shape index (κ3) is 7.61. The fourth-order valence-corrected chi connectivity index (χ4v) is 5.35. The first-order chi connectivity index (χ1) is 20.3. The number of phenolic OH excluding ortho intramolecular Hbond substituents is 1. The monoisotopic (exact) mass is 614 g/mol. The Hall–Kier alpha value is -3.76. The van der Waals surface area contributed by atoms with Gasteiger partial charge in [-0.1, -0.05) is 37.1 Å². The maximum Gasteiger partial charge on any atom is 0.509 e. The molecule has 232 valence electrons. The van der Waals surface area contributed by atoms with Crippen LogP contribution in [0.1, 0.15) is 58.4 Å². The molecule has 1 saturated heterocycles. The van der Waals surface area contributed by atoms with E-state index in [1.54, 1.807) is 52.1 Å². The van der Waals surface area contributed by atoms with Crippen LogP contribution in [0, 0.1) is 0 Å². The van der Waals surface area contributed by atoms with Crippen LogP contribution in [-0.2, 0) is 9.47 Å². The van der Waals surface area contributed by atoms with Crippen molar-refractivity contribution in [3.8, 4) is 22.8 Å². The number of amides is 1. The van der Waals surface area contributed by atoms with E-state index in [0.29, 0.717) is 42.2 Å². The van der Waals surface area contributed by atoms with E-state index in [2.05, 4.69) is 0 Å². The van der Waals surface area contributed by atoms with Crippen molar-refractivity contribution in [1.82, 2.24) is 9.80 Å². The van der Waals surface area contributed by atoms with Crippen molar-refractivity contribution in [3.63, 3.8) is 0 Å². The zero-order valence-corrected chi connectivity index (χ0v) is 26.2. The SMILES string of the molecule is CCCCN(C)C(=O)Oc1cc(O)c2c(=O)cc(-c3ccccc3Cl)oc2c1[C@H]1CCN(C)C[C@H]1OC(=O)OC(C)(C)C. The number of hydrogen-bond donors (Lipinski definition) is 1. The molecule has 0 aliphatic carbocycles. The standard InChI is InChI=1S/C32H39ClN2O8/c1-7-8-14-35(6)30(38)41-25-17-23(37)28-22(36)16-24(19-11-9-10-12-21(19)33)40-29(28)27(25)20-13-15-34(5)18-26(20)42-31(39)43-32(2,3)4/h9-12,16-17,20,26,37H,7-8,13-15,18H2,1-6H3/t20-,26+/m0/s1. The van der Waals surface area contributed by atoms with Crippen LogP contribution in [0.2, 0.25) is 5.02 Å². The van der Waals surface area contributed by atoms with Crippen molar-refractivity contribution in [2.45, 2.75) is 64.6 Å². The van der Waals surface area contributed by atoms with Gasteiger partial charge in [0.05, 0.1) is 5.02 Å². The molecule has 11 heteroatoms. The Morgan fingerprint density at radius 1 is 1.21 bits per heavy atom. The number of likely N-dealkylation sites (tertiary alicyclic amines) is 1. The van der Waals surface area contributed by atoms with Crippen LogP contribution < -0.4 is 10.2 Å². The lowest BCUT2D eigenvalue weighted by Crippen LogP contribution is -2.44. The first-order valence-corrected chi connectivity index (χ1v) is 14.8. The molecule has 1 aliphatic rings. The first-order valence-electron chi connectivity index (χ1n) is 14.4. The number of piperidine rings is 1. The summed E-state index contributed by atoms with van der Waals surface area (Å²) in [4.78, 5) is 42.9. The third-order valence-electron chi connectivity index (χ3n) is 7.25. The molecule has 10 nitrogen and oxygen atoms in total. The van der Waals surface area contributed by atoms with Crippen molar-refractivity contribution in [1.29, 1.82) is 0 Å². The minimum absolute atomic E-state index is 0.00477. The highest BCUT2D eigenvalue weighted by molar-refractivity contribution is 6.33. The maximum absolute atomic E-state index is 13.5. The number of fused-ring (bicyclic) bond motifs is 1. The zero-order chi connectivity index (χ0) is 31.5. The van der Waals surface area contributed by atoms with E-state index in [9.17, 15) is 19.5 Å². The Balaban J connectivity index is 1.93. The lowest BCUT2D eigenvalue weighted by Gasteiger charge is -2.37. The Morgan fingerprint density at radius 3 is 2.60 bits per heavy atom. The molecular weight excluding hydrogens is 576 g/mol. The predicted octanol–water partition coefficient (Wildman–Crippen LogP) is 6.79. The van der Waals surface area contributed by atoms with E-state index in [4.69, 9.17) is 30.2 Å². The van der Waals surface area contributed by atoms with Crippen LogP contribution in [0.25, 0.3) is 22.3 Å². The highest BCUT2D eigenvalue weighted by Crippen LogP contribution is 2.44. The second-order valence-corrected chi connectivity index (χ2v) is 12.3. The molecule has 0 saturated carbocycles. The molecule has 1 fully saturated rings. The van der Waals surface area contributed by atoms with Gasteiger partial charge in [-0.15, -0.1) is 0 Å². The number of ether oxygens (including phenoxy) is 3. The Kier molecular flexibility index (Phi) is 9.92. The van der Waals surface area contributed by atoms with Gasteiger partial charge in [0.15, 0.2) is 5.43 Å². The van der Waals surface area contributed by atoms with Crippen LogP contribution in [0.5, 0.6) is 11.5 Å². The molecule has 0 bridgehead atoms. The fraction of sp³-hybridized carbons (Fsp3) is 0.469. The molecule has 2 aromatic carbocycles. The summed E-state index contributed by atoms with van der Waals surface area (Å²) in [7, 11) is 3.52. The molecule has 3 aromatic rings. The number of unbranched alkanes of at least 4 members (excludes halogenated alkanes) is 1. The molecule has 2 atom stereocenters. The number of aromatic hydroxyl groups is 1. The number of carbonyl (C=O) groups is 2. The van der Waals surface area contributed by atoms with Crippen molar-refractivity contribution >= 4 is 34.8 Å². The van der Waals surface area contributed by atoms with Crippen molar-refractivity contribution in [2.24, 2.45) is 0 Å². The molecule has 1 N–H and O–H groups in total. The molecule has 0 unspecified atom stereocenters. The van der Waals surface area contributed by atoms with E-state index in [1.807, 2.05) is 18.9 Å². The van der Waals surface area contributed by atoms with E-state index in [-0.39, 0.29) is 22.5 Å². The molecule has 4 rings (SSSR count). The van der Waals surface area contributed by atoms with Gasteiger partial charge in [0, 0.05) is 49.3 Å². The molecule has 2 heterocycles. The highest BCUT2D eigenvalue weighted by Gasteiger charge is 2.38. The lowest BCUT2D eigenvalue weighted by molar-refractivity contribution is -0.0461. The third-order valence-corrected chi connectivity index (χ3v) is 7.58. The van der Waals surface area contributed by atoms with Crippen LogP contribution in [-0.4, -0.2) is 72.6 Å². The summed E-state index contributed by atoms with van der Waals surface area (Å²) in [5.41, 5.74) is -0.462. The largest absolute Gasteiger partial charge is 0.509 e. The van der Waals surface area contributed by atoms with Gasteiger partial charge in [-0.05, 0) is 59.3 Å². The molecule has 43 heavy (non-hydrogen) atoms. The number of hydrogen-bond acceptors (Lipinski definition) is 9. The van der Waals surface area contributed by atoms with Crippen LogP contribution in [0.3, 0.4) is 0 Å². The van der Waals surface area contributed by atoms with E-state index >= 15 is 0 Å². The summed E-state index contributed by atoms with van der Waals surface area (Å²) in [6, 6.07) is 9.41. The van der Waals surface area contributed by atoms with E-state index in [1.165, 1.54) is 17.0 Å². The number of carbonyl (C=O) groups excluding carboxylic acids is 2. The first kappa shape index (κ1) is 32.2. The van der Waals surface area contributed by atoms with Crippen molar-refractivity contribution in [3.05, 3.63) is 57.2 Å². The smallest absolute Gasteiger partial charge is 0.507 e. The van der Waals surface area contributed by atoms with Crippen LogP contribution in [0.4, 0.5) is 9.59 Å². The number of phenols is 1. The topological polar surface area (TPSA) is 119 Å². The number of halogens is 1. The lowest BCUT2D eigenvalue weighted by atomic mass is 9.85. The van der Waals surface area contributed by atoms with Gasteiger partial charge in [-0.2, -0.15) is 0 Å². The van der Waals surface area contributed by atoms with Gasteiger partial charge < -0.3 is 33.5 Å². The Morgan fingerprint density at radius 2 is 1.93 bits per heavy atom. The second-order valence-electron chi connectivity index (χ2n) is 11.9. The summed E-state index contributed by atoms with van der Waals surface area (Å²) in [6.45, 7) is 8.65. The summed E-state index contributed by atoms with van der Waals surface area (Å²) in [5.74, 6) is -0.815. The molecular formula is C32H39ClN2O8. The van der Waals surface area contributed by atoms with Crippen molar-refractivity contribution in [2.75, 3.05) is 33.7 Å². The minimum Gasteiger partial charge on any atom is -0.507 e. The summed E-state index contributed by atoms with van der Waals surface area (Å²) < 4.78 is 23.5. The fourth-order valence-electron chi connectivity index (χ4n) is 5.12. The molecule has 1 aromatic heterocycles. The van der Waals surface area contributed by atoms with Gasteiger partial charge in [-0.25, -0.2) is 9.59 Å². The maximum atomic E-state index is 13.5. The molecule has 0 radical (unpaired) electrons. The summed E-state index contributed by atoms with van der Waals surface area (Å²) >= 11 is 6.44. The zero-order valence-electron chi connectivity index (χ0n) is 25.4. The van der Waals surface area contributed by atoms with E-state index < -0.39 is 41.0 Å². The Bertz CT molecular complexity index is 1550. The predicted molar refractivity (Wildman–Crippen MR) is 164 cm³/mol. The summed E-state index contributed by atoms with van der Waals surface area (Å²) in [5, 5.41) is 11.3. The Labute approximate surface area is 256 Å². The molecule has 1 aliphatic heterocycles. The van der Waals surface area contributed by atoms with Crippen LogP contribution >= 0.6 is 11.6 Å². The van der Waals surface area contributed by atoms with Crippen molar-refractivity contribution < 1.29 is 33.3 Å². The number of benzene rings is 2. The minimum atomic E-state index is -0.850. The quantitative estimate of drug-likeness (QED) is 0.287. The number of likely N-dealkylation sites (N-methyl/N-ethyl adjacent to an activating group) is 1. The highest BCUT2D eigenvalue weighted by atomic mass is 35.5. The van der Waals surface area contributed by atoms with Gasteiger partial charge >= 0.3 is 12.2 Å². The normalized spacial score (nSPS) is 17.5. The average molecular weight is 615 g/mol. The van der Waals surface area contributed by atoms with E-state index in [0.717, 1.165) is 12.8 Å². The average Bonchev–Trinajstić information content (AvgIpc) is 2.91. The van der Waals surface area contributed by atoms with Gasteiger partial charge in [-0.3, -0.25) is 4.79 Å².